The van der Waals surface area contributed by atoms with Crippen molar-refractivity contribution in [1.82, 2.24) is 10.2 Å². The van der Waals surface area contributed by atoms with Gasteiger partial charge in [-0.1, -0.05) is 86.1 Å². The molecular weight excluding hydrogens is 614 g/mol. The number of sulfonamides is 1. The van der Waals surface area contributed by atoms with E-state index in [0.29, 0.717) is 18.0 Å². The van der Waals surface area contributed by atoms with Crippen LogP contribution in [0, 0.1) is 6.92 Å². The van der Waals surface area contributed by atoms with Crippen molar-refractivity contribution in [2.75, 3.05) is 31.6 Å². The summed E-state index contributed by atoms with van der Waals surface area (Å²) in [5.41, 5.74) is 2.99. The van der Waals surface area contributed by atoms with Crippen molar-refractivity contribution in [1.29, 1.82) is 0 Å². The molecule has 0 radical (unpaired) electrons. The number of hydrogen-bond donors (Lipinski definition) is 1. The molecule has 0 aromatic heterocycles. The minimum atomic E-state index is -4.29. The first-order valence-corrected chi connectivity index (χ1v) is 17.1. The van der Waals surface area contributed by atoms with E-state index in [4.69, 9.17) is 9.47 Å². The summed E-state index contributed by atoms with van der Waals surface area (Å²) in [6.07, 6.45) is 1.95. The molecule has 0 saturated heterocycles. The fourth-order valence-electron chi connectivity index (χ4n) is 5.26. The van der Waals surface area contributed by atoms with Gasteiger partial charge in [0.15, 0.2) is 11.5 Å². The van der Waals surface area contributed by atoms with E-state index in [1.165, 1.54) is 37.3 Å². The summed E-state index contributed by atoms with van der Waals surface area (Å²) in [4.78, 5) is 29.9. The van der Waals surface area contributed by atoms with Crippen molar-refractivity contribution < 1.29 is 27.5 Å². The zero-order valence-electron chi connectivity index (χ0n) is 27.4. The van der Waals surface area contributed by atoms with Gasteiger partial charge in [-0.3, -0.25) is 13.9 Å². The van der Waals surface area contributed by atoms with E-state index in [1.807, 2.05) is 68.4 Å². The third-order valence-electron chi connectivity index (χ3n) is 7.97. The number of carbonyl (C=O) groups is 2. The Morgan fingerprint density at radius 1 is 0.830 bits per heavy atom. The van der Waals surface area contributed by atoms with E-state index in [1.54, 1.807) is 30.3 Å². The van der Waals surface area contributed by atoms with Gasteiger partial charge < -0.3 is 19.7 Å². The first kappa shape index (κ1) is 35.0. The monoisotopic (exact) mass is 657 g/mol. The van der Waals surface area contributed by atoms with Crippen molar-refractivity contribution in [3.05, 3.63) is 120 Å². The standard InChI is InChI=1S/C37H43N3O6S/c1-5-6-23-38-37(42)33(24-29-16-9-7-10-17-29)39(26-30-18-14-13-15-28(30)2)36(41)27-40(31-19-11-8-12-20-31)47(43,44)32-21-22-34(45-3)35(25-32)46-4/h7-22,25,33H,5-6,23-24,26-27H2,1-4H3,(H,38,42). The lowest BCUT2D eigenvalue weighted by atomic mass is 10.0. The van der Waals surface area contributed by atoms with Crippen molar-refractivity contribution >= 4 is 27.5 Å². The molecule has 1 atom stereocenters. The topological polar surface area (TPSA) is 105 Å². The minimum Gasteiger partial charge on any atom is -0.493 e. The first-order valence-electron chi connectivity index (χ1n) is 15.6. The number of carbonyl (C=O) groups excluding carboxylic acids is 2. The zero-order valence-corrected chi connectivity index (χ0v) is 28.2. The molecule has 0 saturated carbocycles. The Morgan fingerprint density at radius 3 is 2.11 bits per heavy atom. The molecule has 0 aliphatic carbocycles. The van der Waals surface area contributed by atoms with Crippen molar-refractivity contribution in [2.45, 2.75) is 50.6 Å². The minimum absolute atomic E-state index is 0.0737. The highest BCUT2D eigenvalue weighted by molar-refractivity contribution is 7.92. The molecule has 0 heterocycles. The molecule has 0 aliphatic heterocycles. The highest BCUT2D eigenvalue weighted by Gasteiger charge is 2.35. The molecular formula is C37H43N3O6S. The molecule has 0 bridgehead atoms. The SMILES string of the molecule is CCCCNC(=O)C(Cc1ccccc1)N(Cc1ccccc1C)C(=O)CN(c1ccccc1)S(=O)(=O)c1ccc(OC)c(OC)c1. The molecule has 2 amide bonds. The summed E-state index contributed by atoms with van der Waals surface area (Å²) in [6.45, 7) is 4.03. The van der Waals surface area contributed by atoms with Crippen LogP contribution in [0.5, 0.6) is 11.5 Å². The Kier molecular flexibility index (Phi) is 12.4. The van der Waals surface area contributed by atoms with Crippen LogP contribution in [0.4, 0.5) is 5.69 Å². The summed E-state index contributed by atoms with van der Waals surface area (Å²) >= 11 is 0. The Labute approximate surface area is 278 Å². The molecule has 1 unspecified atom stereocenters. The van der Waals surface area contributed by atoms with E-state index in [9.17, 15) is 18.0 Å². The highest BCUT2D eigenvalue weighted by Crippen LogP contribution is 2.32. The maximum atomic E-state index is 14.6. The molecule has 4 aromatic rings. The fraction of sp³-hybridized carbons (Fsp3) is 0.297. The van der Waals surface area contributed by atoms with E-state index >= 15 is 0 Å². The van der Waals surface area contributed by atoms with Gasteiger partial charge in [0, 0.05) is 25.6 Å². The average Bonchev–Trinajstić information content (AvgIpc) is 3.09. The van der Waals surface area contributed by atoms with Crippen LogP contribution in [0.25, 0.3) is 0 Å². The van der Waals surface area contributed by atoms with Gasteiger partial charge >= 0.3 is 0 Å². The molecule has 0 spiro atoms. The van der Waals surface area contributed by atoms with Crippen LogP contribution in [0.2, 0.25) is 0 Å². The largest absolute Gasteiger partial charge is 0.493 e. The second-order valence-electron chi connectivity index (χ2n) is 11.2. The van der Waals surface area contributed by atoms with Crippen molar-refractivity contribution in [2.24, 2.45) is 0 Å². The van der Waals surface area contributed by atoms with Gasteiger partial charge in [0.1, 0.15) is 12.6 Å². The van der Waals surface area contributed by atoms with Gasteiger partial charge in [-0.25, -0.2) is 8.42 Å². The van der Waals surface area contributed by atoms with Gasteiger partial charge in [-0.05, 0) is 54.3 Å². The lowest BCUT2D eigenvalue weighted by molar-refractivity contribution is -0.140. The summed E-state index contributed by atoms with van der Waals surface area (Å²) in [5.74, 6) is -0.206. The number of para-hydroxylation sites is 1. The van der Waals surface area contributed by atoms with E-state index in [-0.39, 0.29) is 29.5 Å². The predicted molar refractivity (Wildman–Crippen MR) is 184 cm³/mol. The van der Waals surface area contributed by atoms with Gasteiger partial charge in [0.2, 0.25) is 11.8 Å². The zero-order chi connectivity index (χ0) is 33.8. The number of aryl methyl sites for hydroxylation is 1. The van der Waals surface area contributed by atoms with Crippen LogP contribution in [0.3, 0.4) is 0 Å². The fourth-order valence-corrected chi connectivity index (χ4v) is 6.69. The van der Waals surface area contributed by atoms with Crippen LogP contribution in [-0.4, -0.2) is 58.5 Å². The van der Waals surface area contributed by atoms with Crippen molar-refractivity contribution in [3.63, 3.8) is 0 Å². The molecule has 10 heteroatoms. The number of anilines is 1. The van der Waals surface area contributed by atoms with Crippen LogP contribution in [-0.2, 0) is 32.6 Å². The van der Waals surface area contributed by atoms with Crippen LogP contribution in [0.1, 0.15) is 36.5 Å². The normalized spacial score (nSPS) is 11.7. The summed E-state index contributed by atoms with van der Waals surface area (Å²) in [7, 11) is -1.40. The Morgan fingerprint density at radius 2 is 1.47 bits per heavy atom. The first-order chi connectivity index (χ1) is 22.7. The Bertz CT molecular complexity index is 1730. The van der Waals surface area contributed by atoms with E-state index in [0.717, 1.165) is 33.8 Å². The third kappa shape index (κ3) is 8.92. The molecule has 1 N–H and O–H groups in total. The van der Waals surface area contributed by atoms with Gasteiger partial charge in [-0.2, -0.15) is 0 Å². The number of nitrogens with zero attached hydrogens (tertiary/aromatic N) is 2. The summed E-state index contributed by atoms with van der Waals surface area (Å²) < 4.78 is 40.4. The van der Waals surface area contributed by atoms with E-state index in [2.05, 4.69) is 5.32 Å². The molecule has 4 rings (SSSR count). The number of benzene rings is 4. The average molecular weight is 658 g/mol. The molecule has 47 heavy (non-hydrogen) atoms. The highest BCUT2D eigenvalue weighted by atomic mass is 32.2. The maximum absolute atomic E-state index is 14.6. The Balaban J connectivity index is 1.80. The predicted octanol–water partition coefficient (Wildman–Crippen LogP) is 5.76. The molecule has 4 aromatic carbocycles. The number of unbranched alkanes of at least 4 members (excludes halogenated alkanes) is 1. The summed E-state index contributed by atoms with van der Waals surface area (Å²) in [6, 6.07) is 29.0. The van der Waals surface area contributed by atoms with Gasteiger partial charge in [0.05, 0.1) is 24.8 Å². The second-order valence-corrected chi connectivity index (χ2v) is 13.0. The number of methoxy groups -OCH3 is 2. The molecule has 0 aliphatic rings. The van der Waals surface area contributed by atoms with Crippen LogP contribution >= 0.6 is 0 Å². The van der Waals surface area contributed by atoms with Gasteiger partial charge in [-0.15, -0.1) is 0 Å². The lowest BCUT2D eigenvalue weighted by Crippen LogP contribution is -2.53. The lowest BCUT2D eigenvalue weighted by Gasteiger charge is -2.34. The molecule has 9 nitrogen and oxygen atoms in total. The third-order valence-corrected chi connectivity index (χ3v) is 9.74. The molecule has 248 valence electrons. The van der Waals surface area contributed by atoms with Crippen LogP contribution < -0.4 is 19.1 Å². The smallest absolute Gasteiger partial charge is 0.264 e. The number of hydrogen-bond acceptors (Lipinski definition) is 6. The van der Waals surface area contributed by atoms with Gasteiger partial charge in [0.25, 0.3) is 10.0 Å². The quantitative estimate of drug-likeness (QED) is 0.154. The number of amides is 2. The second kappa shape index (κ2) is 16.6. The molecule has 0 fully saturated rings. The van der Waals surface area contributed by atoms with E-state index < -0.39 is 28.5 Å². The maximum Gasteiger partial charge on any atom is 0.264 e. The summed E-state index contributed by atoms with van der Waals surface area (Å²) in [5, 5.41) is 3.01. The van der Waals surface area contributed by atoms with Crippen LogP contribution in [0.15, 0.2) is 108 Å². The Hall–Kier alpha value is -4.83. The number of nitrogens with one attached hydrogen (secondary N) is 1. The van der Waals surface area contributed by atoms with Crippen molar-refractivity contribution in [3.8, 4) is 11.5 Å². The number of ether oxygens (including phenoxy) is 2. The number of rotatable bonds is 16.